The SMILES string of the molecule is [2H]C([2H])([2H])c1ccncc1-c1cc(-c2cnc3nc(C(O)(C([2H])([2H])[2H])C([2H])([2H])[2H])cnn23)ccc1F. The number of nitrogens with zero attached hydrogens (tertiary/aromatic N) is 5. The number of benzene rings is 1. The number of aryl methyl sites for hydroxylation is 1. The highest BCUT2D eigenvalue weighted by atomic mass is 19.1. The lowest BCUT2D eigenvalue weighted by Crippen LogP contribution is -2.19. The van der Waals surface area contributed by atoms with Crippen LogP contribution in [-0.2, 0) is 5.60 Å². The minimum absolute atomic E-state index is 0.0366. The average Bonchev–Trinajstić information content (AvgIpc) is 3.20. The zero-order chi connectivity index (χ0) is 26.7. The molecule has 0 saturated carbocycles. The summed E-state index contributed by atoms with van der Waals surface area (Å²) >= 11 is 0. The van der Waals surface area contributed by atoms with E-state index in [4.69, 9.17) is 12.3 Å². The third-order valence-corrected chi connectivity index (χ3v) is 3.98. The molecule has 4 aromatic rings. The van der Waals surface area contributed by atoms with Crippen LogP contribution >= 0.6 is 0 Å². The summed E-state index contributed by atoms with van der Waals surface area (Å²) in [6, 6.07) is 5.18. The van der Waals surface area contributed by atoms with Crippen molar-refractivity contribution < 1.29 is 21.8 Å². The Morgan fingerprint density at radius 2 is 2.04 bits per heavy atom. The monoisotopic (exact) mass is 372 g/mol. The predicted molar refractivity (Wildman–Crippen MR) is 99.4 cm³/mol. The Hall–Kier alpha value is -3.19. The van der Waals surface area contributed by atoms with Crippen molar-refractivity contribution in [1.29, 1.82) is 0 Å². The van der Waals surface area contributed by atoms with Crippen LogP contribution in [0, 0.1) is 12.7 Å². The molecule has 1 N–H and O–H groups in total. The van der Waals surface area contributed by atoms with Gasteiger partial charge in [0.25, 0.3) is 5.78 Å². The van der Waals surface area contributed by atoms with E-state index in [1.165, 1.54) is 36.8 Å². The van der Waals surface area contributed by atoms with E-state index in [-0.39, 0.29) is 28.2 Å². The summed E-state index contributed by atoms with van der Waals surface area (Å²) in [4.78, 5) is 11.9. The van der Waals surface area contributed by atoms with Gasteiger partial charge < -0.3 is 5.11 Å². The van der Waals surface area contributed by atoms with Gasteiger partial charge in [0.15, 0.2) is 0 Å². The number of rotatable bonds is 3. The summed E-state index contributed by atoms with van der Waals surface area (Å²) in [5.41, 5.74) is -3.46. The van der Waals surface area contributed by atoms with Crippen LogP contribution in [0.2, 0.25) is 0 Å². The second-order valence-electron chi connectivity index (χ2n) is 5.82. The molecule has 136 valence electrons. The van der Waals surface area contributed by atoms with Gasteiger partial charge in [0.1, 0.15) is 11.4 Å². The normalized spacial score (nSPS) is 18.2. The average molecular weight is 372 g/mol. The number of aliphatic hydroxyl groups is 1. The predicted octanol–water partition coefficient (Wildman–Crippen LogP) is 3.53. The maximum atomic E-state index is 14.8. The highest BCUT2D eigenvalue weighted by Crippen LogP contribution is 2.30. The van der Waals surface area contributed by atoms with E-state index in [1.54, 1.807) is 0 Å². The molecular weight excluding hydrogens is 345 g/mol. The summed E-state index contributed by atoms with van der Waals surface area (Å²) in [6.45, 7) is -9.22. The standard InChI is InChI=1S/C20H18FN5O/c1-12-6-7-22-9-15(12)14-8-13(4-5-16(14)21)17-10-23-19-25-18(20(2,3)27)11-24-26(17)19/h4-11,27H,1-3H3/i1D3,2D3,3D3. The molecule has 0 fully saturated rings. The Labute approximate surface area is 168 Å². The van der Waals surface area contributed by atoms with Crippen LogP contribution in [0.1, 0.15) is 37.3 Å². The molecule has 0 unspecified atom stereocenters. The van der Waals surface area contributed by atoms with E-state index >= 15 is 0 Å². The van der Waals surface area contributed by atoms with Gasteiger partial charge >= 0.3 is 0 Å². The molecule has 3 heterocycles. The first-order chi connectivity index (χ1) is 16.6. The first-order valence-electron chi connectivity index (χ1n) is 12.2. The Bertz CT molecular complexity index is 1430. The summed E-state index contributed by atoms with van der Waals surface area (Å²) in [5, 5.41) is 14.7. The zero-order valence-corrected chi connectivity index (χ0v) is 13.7. The van der Waals surface area contributed by atoms with Crippen LogP contribution in [0.15, 0.2) is 49.1 Å². The maximum absolute atomic E-state index is 14.8. The lowest BCUT2D eigenvalue weighted by Gasteiger charge is -2.15. The second-order valence-corrected chi connectivity index (χ2v) is 5.82. The molecular formula is C20H18FN5O. The van der Waals surface area contributed by atoms with Gasteiger partial charge in [-0.1, -0.05) is 0 Å². The number of aromatic nitrogens is 5. The van der Waals surface area contributed by atoms with Gasteiger partial charge in [0.2, 0.25) is 0 Å². The lowest BCUT2D eigenvalue weighted by molar-refractivity contribution is 0.0734. The Kier molecular flexibility index (Phi) is 2.22. The molecule has 0 saturated heterocycles. The fourth-order valence-corrected chi connectivity index (χ4v) is 2.65. The molecule has 0 aliphatic heterocycles. The highest BCUT2D eigenvalue weighted by molar-refractivity contribution is 5.74. The van der Waals surface area contributed by atoms with Crippen LogP contribution in [0.25, 0.3) is 28.2 Å². The molecule has 0 radical (unpaired) electrons. The third-order valence-electron chi connectivity index (χ3n) is 3.98. The number of halogens is 1. The molecule has 0 aliphatic carbocycles. The summed E-state index contributed by atoms with van der Waals surface area (Å²) in [7, 11) is 0. The third kappa shape index (κ3) is 3.06. The first kappa shape index (κ1) is 9.66. The maximum Gasteiger partial charge on any atom is 0.251 e. The molecule has 27 heavy (non-hydrogen) atoms. The molecule has 3 aromatic heterocycles. The molecule has 0 bridgehead atoms. The molecule has 0 atom stereocenters. The molecule has 1 aromatic carbocycles. The van der Waals surface area contributed by atoms with Crippen molar-refractivity contribution in [3.05, 3.63) is 66.1 Å². The van der Waals surface area contributed by atoms with Crippen molar-refractivity contribution >= 4 is 5.78 Å². The highest BCUT2D eigenvalue weighted by Gasteiger charge is 2.20. The number of imidazole rings is 1. The lowest BCUT2D eigenvalue weighted by atomic mass is 9.99. The molecule has 0 amide bonds. The number of hydrogen-bond acceptors (Lipinski definition) is 5. The van der Waals surface area contributed by atoms with Crippen molar-refractivity contribution in [1.82, 2.24) is 24.6 Å². The molecule has 4 rings (SSSR count). The fourth-order valence-electron chi connectivity index (χ4n) is 2.65. The van der Waals surface area contributed by atoms with Gasteiger partial charge in [-0.3, -0.25) is 4.98 Å². The van der Waals surface area contributed by atoms with Crippen LogP contribution < -0.4 is 0 Å². The van der Waals surface area contributed by atoms with Gasteiger partial charge in [0, 0.05) is 41.4 Å². The van der Waals surface area contributed by atoms with Crippen LogP contribution in [0.5, 0.6) is 0 Å². The largest absolute Gasteiger partial charge is 0.384 e. The van der Waals surface area contributed by atoms with E-state index in [1.807, 2.05) is 0 Å². The van der Waals surface area contributed by atoms with Crippen LogP contribution in [-0.4, -0.2) is 29.7 Å². The molecule has 0 spiro atoms. The van der Waals surface area contributed by atoms with Crippen molar-refractivity contribution in [3.8, 4) is 22.4 Å². The Morgan fingerprint density at radius 3 is 2.85 bits per heavy atom. The quantitative estimate of drug-likeness (QED) is 0.595. The van der Waals surface area contributed by atoms with Gasteiger partial charge in [-0.2, -0.15) is 9.61 Å². The zero-order valence-electron chi connectivity index (χ0n) is 22.7. The van der Waals surface area contributed by atoms with Gasteiger partial charge in [-0.15, -0.1) is 0 Å². The first-order valence-corrected chi connectivity index (χ1v) is 7.74. The van der Waals surface area contributed by atoms with Crippen molar-refractivity contribution in [2.24, 2.45) is 0 Å². The van der Waals surface area contributed by atoms with Crippen molar-refractivity contribution in [3.63, 3.8) is 0 Å². The second kappa shape index (κ2) is 6.21. The molecule has 6 nitrogen and oxygen atoms in total. The van der Waals surface area contributed by atoms with Crippen molar-refractivity contribution in [2.75, 3.05) is 0 Å². The fraction of sp³-hybridized carbons (Fsp3) is 0.200. The summed E-state index contributed by atoms with van der Waals surface area (Å²) < 4.78 is 84.5. The van der Waals surface area contributed by atoms with Gasteiger partial charge in [-0.25, -0.2) is 14.4 Å². The number of fused-ring (bicyclic) bond motifs is 1. The minimum atomic E-state index is -3.35. The smallest absolute Gasteiger partial charge is 0.251 e. The number of pyridine rings is 1. The summed E-state index contributed by atoms with van der Waals surface area (Å²) in [6.07, 6.45) is 4.64. The van der Waals surface area contributed by atoms with Gasteiger partial charge in [0.05, 0.1) is 23.8 Å². The van der Waals surface area contributed by atoms with Crippen LogP contribution in [0.4, 0.5) is 4.39 Å². The van der Waals surface area contributed by atoms with Crippen molar-refractivity contribution in [2.45, 2.75) is 26.2 Å². The van der Waals surface area contributed by atoms with E-state index < -0.39 is 37.7 Å². The Balaban J connectivity index is 1.85. The van der Waals surface area contributed by atoms with E-state index in [0.717, 1.165) is 16.8 Å². The van der Waals surface area contributed by atoms with Crippen LogP contribution in [0.3, 0.4) is 0 Å². The minimum Gasteiger partial charge on any atom is -0.384 e. The van der Waals surface area contributed by atoms with E-state index in [0.29, 0.717) is 5.56 Å². The summed E-state index contributed by atoms with van der Waals surface area (Å²) in [5.74, 6) is -0.912. The molecule has 7 heteroatoms. The Morgan fingerprint density at radius 1 is 1.15 bits per heavy atom. The van der Waals surface area contributed by atoms with E-state index in [2.05, 4.69) is 20.1 Å². The topological polar surface area (TPSA) is 76.2 Å². The van der Waals surface area contributed by atoms with E-state index in [9.17, 15) is 9.50 Å². The van der Waals surface area contributed by atoms with Gasteiger partial charge in [-0.05, 0) is 50.4 Å². The number of hydrogen-bond donors (Lipinski definition) is 1. The molecule has 0 aliphatic rings.